The van der Waals surface area contributed by atoms with Crippen LogP contribution >= 0.6 is 0 Å². The number of rotatable bonds is 5. The first-order valence-electron chi connectivity index (χ1n) is 6.98. The summed E-state index contributed by atoms with van der Waals surface area (Å²) in [6, 6.07) is 8.58. The number of hydrogen-bond donors (Lipinski definition) is 1. The van der Waals surface area contributed by atoms with Crippen LogP contribution in [0.1, 0.15) is 25.2 Å². The van der Waals surface area contributed by atoms with Gasteiger partial charge in [0.25, 0.3) is 6.01 Å². The Morgan fingerprint density at radius 2 is 1.90 bits per heavy atom. The summed E-state index contributed by atoms with van der Waals surface area (Å²) in [6.45, 7) is 6.02. The molecule has 0 amide bonds. The zero-order chi connectivity index (χ0) is 15.1. The lowest BCUT2D eigenvalue weighted by atomic mass is 10.2. The van der Waals surface area contributed by atoms with Crippen molar-refractivity contribution in [3.8, 4) is 0 Å². The second-order valence-electron chi connectivity index (χ2n) is 4.67. The highest BCUT2D eigenvalue weighted by Gasteiger charge is 2.06. The van der Waals surface area contributed by atoms with E-state index < -0.39 is 0 Å². The molecule has 0 fully saturated rings. The summed E-state index contributed by atoms with van der Waals surface area (Å²) in [4.78, 5) is 4.27. The highest BCUT2D eigenvalue weighted by Crippen LogP contribution is 2.22. The van der Waals surface area contributed by atoms with Crippen molar-refractivity contribution >= 4 is 17.3 Å². The van der Waals surface area contributed by atoms with Gasteiger partial charge in [-0.05, 0) is 32.9 Å². The first-order chi connectivity index (χ1) is 10.2. The molecule has 1 heterocycles. The van der Waals surface area contributed by atoms with Crippen molar-refractivity contribution < 1.29 is 4.42 Å². The fraction of sp³-hybridized carbons (Fsp3) is 0.167. The van der Waals surface area contributed by atoms with E-state index in [4.69, 9.17) is 4.42 Å². The zero-order valence-corrected chi connectivity index (χ0v) is 12.6. The number of hydrogen-bond acceptors (Lipinski definition) is 3. The lowest BCUT2D eigenvalue weighted by Gasteiger charge is -2.02. The van der Waals surface area contributed by atoms with E-state index >= 15 is 0 Å². The molecule has 3 nitrogen and oxygen atoms in total. The van der Waals surface area contributed by atoms with Crippen LogP contribution in [0.4, 0.5) is 11.7 Å². The van der Waals surface area contributed by atoms with E-state index in [-0.39, 0.29) is 0 Å². The van der Waals surface area contributed by atoms with E-state index in [1.54, 1.807) is 6.20 Å². The van der Waals surface area contributed by atoms with Crippen LogP contribution in [0.5, 0.6) is 0 Å². The number of anilines is 2. The Labute approximate surface area is 125 Å². The fourth-order valence-corrected chi connectivity index (χ4v) is 1.83. The standard InChI is InChI=1S/C18H20N2O/c1-4-6-8-15(7-5-2)17-13-19-18(21-17)20-16-11-9-14(3)10-12-16/h4-13H,1-3H3,(H,19,20)/b6-4+,7-5-,15-8+. The molecule has 0 saturated carbocycles. The smallest absolute Gasteiger partial charge is 0.299 e. The number of aromatic nitrogens is 1. The predicted molar refractivity (Wildman–Crippen MR) is 88.6 cm³/mol. The summed E-state index contributed by atoms with van der Waals surface area (Å²) in [5, 5.41) is 3.16. The molecule has 0 bridgehead atoms. The highest BCUT2D eigenvalue weighted by atomic mass is 16.4. The van der Waals surface area contributed by atoms with Crippen molar-refractivity contribution in [3.05, 3.63) is 72.2 Å². The Morgan fingerprint density at radius 1 is 1.14 bits per heavy atom. The molecular weight excluding hydrogens is 260 g/mol. The minimum absolute atomic E-state index is 0.490. The Bertz CT molecular complexity index is 661. The monoisotopic (exact) mass is 280 g/mol. The lowest BCUT2D eigenvalue weighted by Crippen LogP contribution is -1.89. The molecule has 108 valence electrons. The fourth-order valence-electron chi connectivity index (χ4n) is 1.83. The molecule has 1 N–H and O–H groups in total. The molecule has 0 radical (unpaired) electrons. The van der Waals surface area contributed by atoms with Crippen molar-refractivity contribution in [1.29, 1.82) is 0 Å². The quantitative estimate of drug-likeness (QED) is 0.759. The molecule has 3 heteroatoms. The number of benzene rings is 1. The van der Waals surface area contributed by atoms with Crippen LogP contribution in [-0.2, 0) is 0 Å². The van der Waals surface area contributed by atoms with Gasteiger partial charge in [0.05, 0.1) is 6.20 Å². The van der Waals surface area contributed by atoms with E-state index in [0.29, 0.717) is 6.01 Å². The molecule has 0 aliphatic heterocycles. The van der Waals surface area contributed by atoms with Crippen LogP contribution in [0.2, 0.25) is 0 Å². The summed E-state index contributed by atoms with van der Waals surface area (Å²) in [5.74, 6) is 0.737. The molecule has 2 rings (SSSR count). The molecule has 0 saturated heterocycles. The van der Waals surface area contributed by atoms with Crippen molar-refractivity contribution in [2.45, 2.75) is 20.8 Å². The summed E-state index contributed by atoms with van der Waals surface area (Å²) in [5.41, 5.74) is 3.16. The Hall–Kier alpha value is -2.55. The second kappa shape index (κ2) is 7.29. The van der Waals surface area contributed by atoms with Gasteiger partial charge >= 0.3 is 0 Å². The van der Waals surface area contributed by atoms with Gasteiger partial charge in [0.2, 0.25) is 0 Å². The summed E-state index contributed by atoms with van der Waals surface area (Å²) in [6.07, 6.45) is 11.7. The van der Waals surface area contributed by atoms with Crippen molar-refractivity contribution in [1.82, 2.24) is 4.98 Å². The van der Waals surface area contributed by atoms with E-state index in [1.165, 1.54) is 5.56 Å². The maximum atomic E-state index is 5.75. The van der Waals surface area contributed by atoms with E-state index in [9.17, 15) is 0 Å². The van der Waals surface area contributed by atoms with E-state index in [0.717, 1.165) is 17.0 Å². The van der Waals surface area contributed by atoms with Gasteiger partial charge in [-0.25, -0.2) is 4.98 Å². The van der Waals surface area contributed by atoms with E-state index in [2.05, 4.69) is 17.2 Å². The maximum Gasteiger partial charge on any atom is 0.299 e. The molecule has 2 aromatic rings. The Kier molecular flexibility index (Phi) is 5.16. The van der Waals surface area contributed by atoms with Crippen LogP contribution in [0.3, 0.4) is 0 Å². The molecule has 0 aliphatic rings. The predicted octanol–water partition coefficient (Wildman–Crippen LogP) is 5.26. The van der Waals surface area contributed by atoms with Crippen LogP contribution in [0.25, 0.3) is 5.57 Å². The third kappa shape index (κ3) is 4.21. The Balaban J connectivity index is 2.18. The summed E-state index contributed by atoms with van der Waals surface area (Å²) >= 11 is 0. The van der Waals surface area contributed by atoms with Crippen molar-refractivity contribution in [3.63, 3.8) is 0 Å². The van der Waals surface area contributed by atoms with Gasteiger partial charge in [0, 0.05) is 11.3 Å². The van der Waals surface area contributed by atoms with Gasteiger partial charge < -0.3 is 9.73 Å². The minimum Gasteiger partial charge on any atom is -0.423 e. The molecular formula is C18H20N2O. The molecule has 1 aromatic carbocycles. The third-order valence-electron chi connectivity index (χ3n) is 2.91. The number of allylic oxidation sites excluding steroid dienone is 6. The topological polar surface area (TPSA) is 38.1 Å². The van der Waals surface area contributed by atoms with Crippen molar-refractivity contribution in [2.75, 3.05) is 5.32 Å². The molecule has 0 unspecified atom stereocenters. The normalized spacial score (nSPS) is 12.4. The SMILES string of the molecule is C\C=C/C(=C\C=C\C)c1cnc(Nc2ccc(C)cc2)o1. The largest absolute Gasteiger partial charge is 0.423 e. The van der Waals surface area contributed by atoms with Crippen LogP contribution in [0.15, 0.2) is 65.3 Å². The number of aryl methyl sites for hydroxylation is 1. The summed E-state index contributed by atoms with van der Waals surface area (Å²) < 4.78 is 5.75. The first-order valence-corrected chi connectivity index (χ1v) is 6.98. The van der Waals surface area contributed by atoms with Gasteiger partial charge in [-0.1, -0.05) is 48.1 Å². The van der Waals surface area contributed by atoms with Gasteiger partial charge in [-0.2, -0.15) is 0 Å². The lowest BCUT2D eigenvalue weighted by molar-refractivity contribution is 0.565. The van der Waals surface area contributed by atoms with E-state index in [1.807, 2.05) is 68.5 Å². The second-order valence-corrected chi connectivity index (χ2v) is 4.67. The number of oxazole rings is 1. The molecule has 0 spiro atoms. The van der Waals surface area contributed by atoms with Crippen LogP contribution in [-0.4, -0.2) is 4.98 Å². The van der Waals surface area contributed by atoms with Gasteiger partial charge in [-0.3, -0.25) is 0 Å². The minimum atomic E-state index is 0.490. The molecule has 1 aromatic heterocycles. The average Bonchev–Trinajstić information content (AvgIpc) is 2.94. The molecule has 21 heavy (non-hydrogen) atoms. The Morgan fingerprint density at radius 3 is 2.57 bits per heavy atom. The number of nitrogens with one attached hydrogen (secondary N) is 1. The van der Waals surface area contributed by atoms with Crippen LogP contribution < -0.4 is 5.32 Å². The highest BCUT2D eigenvalue weighted by molar-refractivity contribution is 5.72. The molecule has 0 aliphatic carbocycles. The molecule has 0 atom stereocenters. The van der Waals surface area contributed by atoms with Crippen molar-refractivity contribution in [2.24, 2.45) is 0 Å². The third-order valence-corrected chi connectivity index (χ3v) is 2.91. The van der Waals surface area contributed by atoms with Crippen LogP contribution in [0, 0.1) is 6.92 Å². The summed E-state index contributed by atoms with van der Waals surface area (Å²) in [7, 11) is 0. The zero-order valence-electron chi connectivity index (χ0n) is 12.6. The first kappa shape index (κ1) is 14.9. The average molecular weight is 280 g/mol. The number of nitrogens with zero attached hydrogens (tertiary/aromatic N) is 1. The maximum absolute atomic E-state index is 5.75. The van der Waals surface area contributed by atoms with Gasteiger partial charge in [-0.15, -0.1) is 0 Å². The van der Waals surface area contributed by atoms with Gasteiger partial charge in [0.15, 0.2) is 5.76 Å². The van der Waals surface area contributed by atoms with Gasteiger partial charge in [0.1, 0.15) is 0 Å².